The highest BCUT2D eigenvalue weighted by Gasteiger charge is 2.27. The Labute approximate surface area is 111 Å². The van der Waals surface area contributed by atoms with Gasteiger partial charge in [0.05, 0.1) is 19.0 Å². The van der Waals surface area contributed by atoms with E-state index in [0.717, 1.165) is 25.6 Å². The fourth-order valence-electron chi connectivity index (χ4n) is 2.20. The zero-order valence-corrected chi connectivity index (χ0v) is 11.1. The van der Waals surface area contributed by atoms with Crippen molar-refractivity contribution in [1.82, 2.24) is 14.9 Å². The van der Waals surface area contributed by atoms with Gasteiger partial charge < -0.3 is 14.6 Å². The highest BCUT2D eigenvalue weighted by atomic mass is 16.5. The minimum Gasteiger partial charge on any atom is -0.381 e. The standard InChI is InChI=1S/C13H19N3O3/c1-2-5-19-9-10-3-4-16(8-10)13(18)11-6-14-7-12(17)15-11/h6-7,10H,2-5,8-9H2,1H3,(H,15,17)/t10-/m1/s1. The van der Waals surface area contributed by atoms with E-state index in [-0.39, 0.29) is 17.2 Å². The first-order valence-corrected chi connectivity index (χ1v) is 6.62. The summed E-state index contributed by atoms with van der Waals surface area (Å²) in [6, 6.07) is 0. The number of nitrogens with one attached hydrogen (secondary N) is 1. The first-order valence-electron chi connectivity index (χ1n) is 6.62. The Morgan fingerprint density at radius 2 is 2.42 bits per heavy atom. The maximum absolute atomic E-state index is 12.1. The molecule has 1 aromatic heterocycles. The van der Waals surface area contributed by atoms with Gasteiger partial charge in [0.1, 0.15) is 5.69 Å². The molecule has 0 saturated carbocycles. The molecule has 1 aliphatic rings. The third kappa shape index (κ3) is 3.64. The van der Waals surface area contributed by atoms with Crippen LogP contribution in [0.4, 0.5) is 0 Å². The maximum Gasteiger partial charge on any atom is 0.271 e. The predicted octanol–water partition coefficient (Wildman–Crippen LogP) is 0.659. The Morgan fingerprint density at radius 1 is 1.58 bits per heavy atom. The van der Waals surface area contributed by atoms with Crippen molar-refractivity contribution in [3.8, 4) is 0 Å². The van der Waals surface area contributed by atoms with E-state index in [1.165, 1.54) is 6.20 Å². The number of carbonyl (C=O) groups excluding carboxylic acids is 1. The summed E-state index contributed by atoms with van der Waals surface area (Å²) in [7, 11) is 0. The molecule has 6 heteroatoms. The molecule has 1 atom stereocenters. The van der Waals surface area contributed by atoms with Crippen LogP contribution in [0.2, 0.25) is 0 Å². The van der Waals surface area contributed by atoms with E-state index < -0.39 is 0 Å². The second kappa shape index (κ2) is 6.47. The van der Waals surface area contributed by atoms with Gasteiger partial charge in [0.15, 0.2) is 0 Å². The van der Waals surface area contributed by atoms with Crippen LogP contribution in [0, 0.1) is 5.92 Å². The van der Waals surface area contributed by atoms with Crippen LogP contribution in [0.5, 0.6) is 0 Å². The van der Waals surface area contributed by atoms with Crippen LogP contribution < -0.4 is 5.56 Å². The molecular formula is C13H19N3O3. The second-order valence-corrected chi connectivity index (χ2v) is 4.79. The smallest absolute Gasteiger partial charge is 0.271 e. The van der Waals surface area contributed by atoms with Gasteiger partial charge in [0, 0.05) is 25.6 Å². The van der Waals surface area contributed by atoms with Crippen LogP contribution in [0.15, 0.2) is 17.2 Å². The van der Waals surface area contributed by atoms with Crippen molar-refractivity contribution in [1.29, 1.82) is 0 Å². The molecule has 0 bridgehead atoms. The predicted molar refractivity (Wildman–Crippen MR) is 70.0 cm³/mol. The summed E-state index contributed by atoms with van der Waals surface area (Å²) < 4.78 is 5.51. The molecule has 1 aliphatic heterocycles. The minimum absolute atomic E-state index is 0.164. The lowest BCUT2D eigenvalue weighted by atomic mass is 10.1. The van der Waals surface area contributed by atoms with Crippen molar-refractivity contribution in [3.05, 3.63) is 28.4 Å². The van der Waals surface area contributed by atoms with Crippen LogP contribution >= 0.6 is 0 Å². The first kappa shape index (κ1) is 13.7. The van der Waals surface area contributed by atoms with Crippen LogP contribution in [0.25, 0.3) is 0 Å². The Hall–Kier alpha value is -1.69. The lowest BCUT2D eigenvalue weighted by Gasteiger charge is -2.16. The molecule has 1 saturated heterocycles. The van der Waals surface area contributed by atoms with Gasteiger partial charge in [-0.1, -0.05) is 6.92 Å². The van der Waals surface area contributed by atoms with Crippen LogP contribution in [-0.2, 0) is 4.74 Å². The molecular weight excluding hydrogens is 246 g/mol. The van der Waals surface area contributed by atoms with Crippen LogP contribution in [-0.4, -0.2) is 47.1 Å². The van der Waals surface area contributed by atoms with E-state index >= 15 is 0 Å². The Morgan fingerprint density at radius 3 is 3.16 bits per heavy atom. The molecule has 0 aliphatic carbocycles. The topological polar surface area (TPSA) is 75.3 Å². The number of hydrogen-bond acceptors (Lipinski definition) is 4. The molecule has 104 valence electrons. The fourth-order valence-corrected chi connectivity index (χ4v) is 2.20. The molecule has 6 nitrogen and oxygen atoms in total. The van der Waals surface area contributed by atoms with Gasteiger partial charge in [0.25, 0.3) is 11.5 Å². The van der Waals surface area contributed by atoms with Gasteiger partial charge in [0.2, 0.25) is 0 Å². The number of aromatic nitrogens is 2. The Bertz CT molecular complexity index is 486. The van der Waals surface area contributed by atoms with Crippen molar-refractivity contribution < 1.29 is 9.53 Å². The number of likely N-dealkylation sites (tertiary alicyclic amines) is 1. The van der Waals surface area contributed by atoms with Crippen molar-refractivity contribution in [2.24, 2.45) is 5.92 Å². The molecule has 2 rings (SSSR count). The van der Waals surface area contributed by atoms with Gasteiger partial charge in [-0.15, -0.1) is 0 Å². The van der Waals surface area contributed by atoms with Gasteiger partial charge in [-0.2, -0.15) is 0 Å². The molecule has 0 radical (unpaired) electrons. The van der Waals surface area contributed by atoms with Crippen molar-refractivity contribution in [2.45, 2.75) is 19.8 Å². The molecule has 2 heterocycles. The van der Waals surface area contributed by atoms with E-state index in [0.29, 0.717) is 25.6 Å². The fraction of sp³-hybridized carbons (Fsp3) is 0.615. The highest BCUT2D eigenvalue weighted by molar-refractivity contribution is 5.92. The van der Waals surface area contributed by atoms with E-state index in [2.05, 4.69) is 16.9 Å². The number of nitrogens with zero attached hydrogens (tertiary/aromatic N) is 2. The van der Waals surface area contributed by atoms with Gasteiger partial charge in [-0.25, -0.2) is 0 Å². The number of ether oxygens (including phenoxy) is 1. The van der Waals surface area contributed by atoms with E-state index in [1.807, 2.05) is 0 Å². The van der Waals surface area contributed by atoms with E-state index in [4.69, 9.17) is 4.74 Å². The van der Waals surface area contributed by atoms with Crippen molar-refractivity contribution in [3.63, 3.8) is 0 Å². The summed E-state index contributed by atoms with van der Waals surface area (Å²) in [5.74, 6) is 0.224. The monoisotopic (exact) mass is 265 g/mol. The average molecular weight is 265 g/mol. The molecule has 0 aromatic carbocycles. The van der Waals surface area contributed by atoms with E-state index in [1.54, 1.807) is 4.90 Å². The molecule has 1 fully saturated rings. The number of aromatic amines is 1. The molecule has 1 amide bonds. The number of hydrogen-bond donors (Lipinski definition) is 1. The molecule has 0 spiro atoms. The third-order valence-electron chi connectivity index (χ3n) is 3.16. The number of carbonyl (C=O) groups is 1. The van der Waals surface area contributed by atoms with Crippen LogP contribution in [0.1, 0.15) is 30.3 Å². The third-order valence-corrected chi connectivity index (χ3v) is 3.16. The molecule has 1 aromatic rings. The number of rotatable bonds is 5. The quantitative estimate of drug-likeness (QED) is 0.793. The lowest BCUT2D eigenvalue weighted by molar-refractivity contribution is 0.0748. The van der Waals surface area contributed by atoms with Crippen LogP contribution in [0.3, 0.4) is 0 Å². The molecule has 1 N–H and O–H groups in total. The summed E-state index contributed by atoms with van der Waals surface area (Å²) in [5.41, 5.74) is -0.101. The van der Waals surface area contributed by atoms with Gasteiger partial charge >= 0.3 is 0 Å². The summed E-state index contributed by atoms with van der Waals surface area (Å²) in [4.78, 5) is 31.3. The summed E-state index contributed by atoms with van der Waals surface area (Å²) in [5, 5.41) is 0. The SMILES string of the molecule is CCCOC[C@@H]1CCN(C(=O)c2cncc(=O)[nH]2)C1. The number of H-pyrrole nitrogens is 1. The molecule has 19 heavy (non-hydrogen) atoms. The molecule has 0 unspecified atom stereocenters. The zero-order valence-electron chi connectivity index (χ0n) is 11.1. The maximum atomic E-state index is 12.1. The summed E-state index contributed by atoms with van der Waals surface area (Å²) in [6.45, 7) is 4.92. The highest BCUT2D eigenvalue weighted by Crippen LogP contribution is 2.18. The zero-order chi connectivity index (χ0) is 13.7. The summed E-state index contributed by atoms with van der Waals surface area (Å²) >= 11 is 0. The lowest BCUT2D eigenvalue weighted by Crippen LogP contribution is -2.31. The van der Waals surface area contributed by atoms with Crippen molar-refractivity contribution >= 4 is 5.91 Å². The van der Waals surface area contributed by atoms with Gasteiger partial charge in [-0.3, -0.25) is 14.6 Å². The van der Waals surface area contributed by atoms with Gasteiger partial charge in [-0.05, 0) is 12.8 Å². The van der Waals surface area contributed by atoms with E-state index in [9.17, 15) is 9.59 Å². The summed E-state index contributed by atoms with van der Waals surface area (Å²) in [6.07, 6.45) is 4.50. The average Bonchev–Trinajstić information content (AvgIpc) is 2.87. The largest absolute Gasteiger partial charge is 0.381 e. The Kier molecular flexibility index (Phi) is 4.68. The Balaban J connectivity index is 1.90. The second-order valence-electron chi connectivity index (χ2n) is 4.79. The van der Waals surface area contributed by atoms with Crippen molar-refractivity contribution in [2.75, 3.05) is 26.3 Å². The first-order chi connectivity index (χ1) is 9.20. The normalized spacial score (nSPS) is 18.8. The minimum atomic E-state index is -0.354. The number of amides is 1.